The molecule has 1 heterocycles. The monoisotopic (exact) mass is 274 g/mol. The summed E-state index contributed by atoms with van der Waals surface area (Å²) in [5.74, 6) is 0.904. The van der Waals surface area contributed by atoms with E-state index >= 15 is 0 Å². The van der Waals surface area contributed by atoms with E-state index < -0.39 is 0 Å². The third-order valence-electron chi connectivity index (χ3n) is 4.19. The molecule has 1 aromatic carbocycles. The summed E-state index contributed by atoms with van der Waals surface area (Å²) in [7, 11) is 0. The Morgan fingerprint density at radius 2 is 2.05 bits per heavy atom. The molecule has 1 fully saturated rings. The maximum atomic E-state index is 3.52. The first-order valence-electron chi connectivity index (χ1n) is 8.23. The lowest BCUT2D eigenvalue weighted by Crippen LogP contribution is -2.35. The predicted octanol–water partition coefficient (Wildman–Crippen LogP) is 3.68. The van der Waals surface area contributed by atoms with Crippen LogP contribution in [0.15, 0.2) is 30.3 Å². The minimum absolute atomic E-state index is 0.621. The first-order chi connectivity index (χ1) is 9.74. The van der Waals surface area contributed by atoms with Crippen LogP contribution in [0, 0.1) is 5.92 Å². The van der Waals surface area contributed by atoms with Crippen LogP contribution in [-0.2, 0) is 6.54 Å². The summed E-state index contributed by atoms with van der Waals surface area (Å²) in [4.78, 5) is 2.64. The summed E-state index contributed by atoms with van der Waals surface area (Å²) in [6.45, 7) is 9.31. The van der Waals surface area contributed by atoms with Crippen LogP contribution < -0.4 is 5.32 Å². The zero-order valence-electron chi connectivity index (χ0n) is 13.1. The molecule has 1 aliphatic heterocycles. The largest absolute Gasteiger partial charge is 0.315 e. The highest BCUT2D eigenvalue weighted by atomic mass is 15.1. The fourth-order valence-corrected chi connectivity index (χ4v) is 3.15. The van der Waals surface area contributed by atoms with E-state index in [9.17, 15) is 0 Å². The molecule has 0 aromatic heterocycles. The Labute approximate surface area is 124 Å². The van der Waals surface area contributed by atoms with Gasteiger partial charge in [-0.05, 0) is 50.3 Å². The Balaban J connectivity index is 1.69. The van der Waals surface area contributed by atoms with Crippen LogP contribution in [0.3, 0.4) is 0 Å². The summed E-state index contributed by atoms with van der Waals surface area (Å²) >= 11 is 0. The third kappa shape index (κ3) is 5.64. The van der Waals surface area contributed by atoms with Crippen LogP contribution in [0.25, 0.3) is 0 Å². The van der Waals surface area contributed by atoms with Crippen LogP contribution in [0.5, 0.6) is 0 Å². The van der Waals surface area contributed by atoms with Gasteiger partial charge < -0.3 is 5.32 Å². The summed E-state index contributed by atoms with van der Waals surface area (Å²) in [5.41, 5.74) is 1.45. The normalized spacial score (nSPS) is 20.4. The van der Waals surface area contributed by atoms with Crippen molar-refractivity contribution in [1.29, 1.82) is 0 Å². The van der Waals surface area contributed by atoms with Crippen molar-refractivity contribution in [2.24, 2.45) is 5.92 Å². The Hall–Kier alpha value is -0.860. The highest BCUT2D eigenvalue weighted by Gasteiger charge is 2.19. The Morgan fingerprint density at radius 1 is 1.25 bits per heavy atom. The van der Waals surface area contributed by atoms with Crippen LogP contribution in [0.4, 0.5) is 0 Å². The molecular formula is C18H30N2. The zero-order valence-corrected chi connectivity index (χ0v) is 13.1. The number of hydrogen-bond donors (Lipinski definition) is 1. The summed E-state index contributed by atoms with van der Waals surface area (Å²) in [6.07, 6.45) is 5.50. The van der Waals surface area contributed by atoms with Crippen LogP contribution in [0.2, 0.25) is 0 Å². The van der Waals surface area contributed by atoms with Crippen molar-refractivity contribution in [1.82, 2.24) is 10.2 Å². The number of nitrogens with zero attached hydrogens (tertiary/aromatic N) is 1. The molecule has 2 nitrogen and oxygen atoms in total. The van der Waals surface area contributed by atoms with E-state index in [1.54, 1.807) is 0 Å². The van der Waals surface area contributed by atoms with Crippen molar-refractivity contribution >= 4 is 0 Å². The van der Waals surface area contributed by atoms with Crippen LogP contribution in [-0.4, -0.2) is 30.6 Å². The van der Waals surface area contributed by atoms with Gasteiger partial charge in [-0.3, -0.25) is 4.90 Å². The Morgan fingerprint density at radius 3 is 2.80 bits per heavy atom. The van der Waals surface area contributed by atoms with Crippen molar-refractivity contribution in [3.05, 3.63) is 35.9 Å². The number of nitrogens with one attached hydrogen (secondary N) is 1. The molecule has 1 saturated heterocycles. The molecule has 1 N–H and O–H groups in total. The topological polar surface area (TPSA) is 15.3 Å². The number of likely N-dealkylation sites (tertiary alicyclic amines) is 1. The molecule has 1 aliphatic rings. The van der Waals surface area contributed by atoms with E-state index in [0.29, 0.717) is 6.04 Å². The van der Waals surface area contributed by atoms with Crippen LogP contribution in [0.1, 0.15) is 45.1 Å². The average molecular weight is 274 g/mol. The first-order valence-corrected chi connectivity index (χ1v) is 8.23. The highest BCUT2D eigenvalue weighted by molar-refractivity contribution is 5.14. The second-order valence-electron chi connectivity index (χ2n) is 6.48. The highest BCUT2D eigenvalue weighted by Crippen LogP contribution is 2.22. The van der Waals surface area contributed by atoms with Gasteiger partial charge in [-0.25, -0.2) is 0 Å². The number of benzene rings is 1. The van der Waals surface area contributed by atoms with E-state index in [2.05, 4.69) is 54.4 Å². The van der Waals surface area contributed by atoms with E-state index in [-0.39, 0.29) is 0 Å². The van der Waals surface area contributed by atoms with Gasteiger partial charge in [0.1, 0.15) is 0 Å². The van der Waals surface area contributed by atoms with Crippen molar-refractivity contribution in [3.8, 4) is 0 Å². The molecule has 0 spiro atoms. The Kier molecular flexibility index (Phi) is 6.55. The maximum absolute atomic E-state index is 3.52. The third-order valence-corrected chi connectivity index (χ3v) is 4.19. The zero-order chi connectivity index (χ0) is 14.2. The van der Waals surface area contributed by atoms with Gasteiger partial charge in [-0.15, -0.1) is 0 Å². The quantitative estimate of drug-likeness (QED) is 0.763. The SMILES string of the molecule is CC(C)NCCC[C@@H]1CCCN(Cc2ccccc2)C1. The van der Waals surface area contributed by atoms with E-state index in [1.807, 2.05) is 0 Å². The molecule has 20 heavy (non-hydrogen) atoms. The van der Waals surface area contributed by atoms with E-state index in [1.165, 1.54) is 50.9 Å². The van der Waals surface area contributed by atoms with Gasteiger partial charge in [0.2, 0.25) is 0 Å². The number of piperidine rings is 1. The van der Waals surface area contributed by atoms with Gasteiger partial charge in [0.05, 0.1) is 0 Å². The molecule has 112 valence electrons. The minimum Gasteiger partial charge on any atom is -0.315 e. The molecule has 0 unspecified atom stereocenters. The van der Waals surface area contributed by atoms with Crippen molar-refractivity contribution < 1.29 is 0 Å². The number of hydrogen-bond acceptors (Lipinski definition) is 2. The summed E-state index contributed by atoms with van der Waals surface area (Å²) < 4.78 is 0. The smallest absolute Gasteiger partial charge is 0.0233 e. The lowest BCUT2D eigenvalue weighted by molar-refractivity contribution is 0.160. The van der Waals surface area contributed by atoms with E-state index in [4.69, 9.17) is 0 Å². The molecule has 2 rings (SSSR count). The number of rotatable bonds is 7. The van der Waals surface area contributed by atoms with E-state index in [0.717, 1.165) is 12.5 Å². The Bertz CT molecular complexity index is 361. The standard InChI is InChI=1S/C18H30N2/c1-16(2)19-12-6-10-18-11-7-13-20(15-18)14-17-8-4-3-5-9-17/h3-5,8-9,16,18-19H,6-7,10-15H2,1-2H3/t18-/m1/s1. The van der Waals surface area contributed by atoms with Gasteiger partial charge >= 0.3 is 0 Å². The van der Waals surface area contributed by atoms with Crippen molar-refractivity contribution in [3.63, 3.8) is 0 Å². The second kappa shape index (κ2) is 8.43. The summed E-state index contributed by atoms with van der Waals surface area (Å²) in [5, 5.41) is 3.52. The maximum Gasteiger partial charge on any atom is 0.0233 e. The fraction of sp³-hybridized carbons (Fsp3) is 0.667. The van der Waals surface area contributed by atoms with Crippen molar-refractivity contribution in [2.45, 2.75) is 52.1 Å². The van der Waals surface area contributed by atoms with Gasteiger partial charge in [0.15, 0.2) is 0 Å². The predicted molar refractivity (Wildman–Crippen MR) is 86.8 cm³/mol. The summed E-state index contributed by atoms with van der Waals surface area (Å²) in [6, 6.07) is 11.5. The molecule has 1 aromatic rings. The first kappa shape index (κ1) is 15.5. The van der Waals surface area contributed by atoms with Crippen LogP contribution >= 0.6 is 0 Å². The molecular weight excluding hydrogens is 244 g/mol. The van der Waals surface area contributed by atoms with Crippen molar-refractivity contribution in [2.75, 3.05) is 19.6 Å². The molecule has 1 atom stereocenters. The lowest BCUT2D eigenvalue weighted by atomic mass is 9.93. The molecule has 0 saturated carbocycles. The van der Waals surface area contributed by atoms with Gasteiger partial charge in [0.25, 0.3) is 0 Å². The fourth-order valence-electron chi connectivity index (χ4n) is 3.15. The minimum atomic E-state index is 0.621. The second-order valence-corrected chi connectivity index (χ2v) is 6.48. The molecule has 0 amide bonds. The lowest BCUT2D eigenvalue weighted by Gasteiger charge is -2.33. The van der Waals surface area contributed by atoms with Gasteiger partial charge in [0, 0.05) is 19.1 Å². The average Bonchev–Trinajstić information content (AvgIpc) is 2.45. The molecule has 2 heteroatoms. The molecule has 0 aliphatic carbocycles. The molecule has 0 radical (unpaired) electrons. The molecule has 0 bridgehead atoms. The van der Waals surface area contributed by atoms with Gasteiger partial charge in [-0.2, -0.15) is 0 Å². The van der Waals surface area contributed by atoms with Gasteiger partial charge in [-0.1, -0.05) is 44.2 Å².